The average Bonchev–Trinajstić information content (AvgIpc) is 2.67. The van der Waals surface area contributed by atoms with Gasteiger partial charge in [-0.05, 0) is 44.9 Å². The molecule has 1 amide bonds. The number of para-hydroxylation sites is 1. The zero-order valence-electron chi connectivity index (χ0n) is 15.7. The molecule has 3 rings (SSSR count). The summed E-state index contributed by atoms with van der Waals surface area (Å²) in [6.07, 6.45) is 4.60. The summed E-state index contributed by atoms with van der Waals surface area (Å²) < 4.78 is 5.24. The number of carbonyl (C=O) groups excluding carboxylic acids is 1. The molecule has 0 bridgehead atoms. The molecular formula is C20H29N3O3. The van der Waals surface area contributed by atoms with Gasteiger partial charge in [0.1, 0.15) is 0 Å². The van der Waals surface area contributed by atoms with Crippen molar-refractivity contribution < 1.29 is 14.4 Å². The summed E-state index contributed by atoms with van der Waals surface area (Å²) in [7, 11) is 0. The van der Waals surface area contributed by atoms with E-state index in [0.717, 1.165) is 38.0 Å². The molecule has 0 unspecified atom stereocenters. The molecule has 0 spiro atoms. The third-order valence-electron chi connectivity index (χ3n) is 4.72. The van der Waals surface area contributed by atoms with E-state index in [1.807, 2.05) is 19.9 Å². The number of rotatable bonds is 5. The van der Waals surface area contributed by atoms with E-state index in [2.05, 4.69) is 40.7 Å². The van der Waals surface area contributed by atoms with Gasteiger partial charge in [-0.15, -0.1) is 0 Å². The first-order valence-corrected chi connectivity index (χ1v) is 9.48. The molecule has 0 aliphatic carbocycles. The van der Waals surface area contributed by atoms with E-state index in [9.17, 15) is 4.79 Å². The maximum absolute atomic E-state index is 11.9. The van der Waals surface area contributed by atoms with E-state index in [-0.39, 0.29) is 18.3 Å². The van der Waals surface area contributed by atoms with Crippen LogP contribution in [-0.4, -0.2) is 49.4 Å². The van der Waals surface area contributed by atoms with Gasteiger partial charge in [0, 0.05) is 44.0 Å². The summed E-state index contributed by atoms with van der Waals surface area (Å²) in [5.41, 5.74) is 5.53. The highest BCUT2D eigenvalue weighted by atomic mass is 16.7. The van der Waals surface area contributed by atoms with Crippen LogP contribution in [-0.2, 0) is 9.57 Å². The van der Waals surface area contributed by atoms with Crippen LogP contribution in [0.3, 0.4) is 0 Å². The van der Waals surface area contributed by atoms with Gasteiger partial charge in [-0.1, -0.05) is 18.2 Å². The Morgan fingerprint density at radius 2 is 1.88 bits per heavy atom. The second kappa shape index (κ2) is 8.94. The summed E-state index contributed by atoms with van der Waals surface area (Å²) in [6.45, 7) is 6.96. The molecule has 1 aromatic carbocycles. The fourth-order valence-electron chi connectivity index (χ4n) is 3.23. The van der Waals surface area contributed by atoms with Crippen LogP contribution >= 0.6 is 0 Å². The van der Waals surface area contributed by atoms with Gasteiger partial charge in [0.15, 0.2) is 0 Å². The van der Waals surface area contributed by atoms with E-state index >= 15 is 0 Å². The Kier molecular flexibility index (Phi) is 6.39. The van der Waals surface area contributed by atoms with Crippen LogP contribution in [0.5, 0.6) is 0 Å². The molecule has 0 atom stereocenters. The molecule has 0 aromatic heterocycles. The van der Waals surface area contributed by atoms with Crippen molar-refractivity contribution in [2.24, 2.45) is 0 Å². The van der Waals surface area contributed by atoms with Crippen molar-refractivity contribution in [1.29, 1.82) is 0 Å². The zero-order valence-corrected chi connectivity index (χ0v) is 15.7. The maximum Gasteiger partial charge on any atom is 0.410 e. The second-order valence-corrected chi connectivity index (χ2v) is 7.10. The average molecular weight is 359 g/mol. The first-order valence-electron chi connectivity index (χ1n) is 9.48. The topological polar surface area (TPSA) is 54.0 Å². The predicted octanol–water partition coefficient (Wildman–Crippen LogP) is 3.31. The summed E-state index contributed by atoms with van der Waals surface area (Å²) in [5, 5.41) is 0. The van der Waals surface area contributed by atoms with Crippen molar-refractivity contribution in [3.05, 3.63) is 42.1 Å². The highest BCUT2D eigenvalue weighted by Gasteiger charge is 2.25. The normalized spacial score (nSPS) is 18.7. The standard InChI is InChI=1S/C20H29N3O3/c1-16(2)25-20(24)23-14-10-19(11-15-23)26-21-17-8-12-22(13-9-17)18-6-4-3-5-7-18/h3-8,16,19,21H,9-15H2,1-2H3. The van der Waals surface area contributed by atoms with Gasteiger partial charge < -0.3 is 14.5 Å². The van der Waals surface area contributed by atoms with Gasteiger partial charge in [-0.25, -0.2) is 4.79 Å². The fourth-order valence-corrected chi connectivity index (χ4v) is 3.23. The molecule has 1 N–H and O–H groups in total. The Labute approximate surface area is 155 Å². The third-order valence-corrected chi connectivity index (χ3v) is 4.72. The fraction of sp³-hybridized carbons (Fsp3) is 0.550. The largest absolute Gasteiger partial charge is 0.447 e. The van der Waals surface area contributed by atoms with E-state index in [1.54, 1.807) is 4.90 Å². The molecule has 1 aromatic rings. The van der Waals surface area contributed by atoms with Gasteiger partial charge >= 0.3 is 6.09 Å². The number of nitrogens with one attached hydrogen (secondary N) is 1. The number of ether oxygens (including phenoxy) is 1. The van der Waals surface area contributed by atoms with Crippen molar-refractivity contribution in [2.45, 2.75) is 45.3 Å². The third kappa shape index (κ3) is 5.14. The minimum absolute atomic E-state index is 0.0770. The molecule has 0 radical (unpaired) electrons. The van der Waals surface area contributed by atoms with Crippen molar-refractivity contribution in [2.75, 3.05) is 31.1 Å². The summed E-state index contributed by atoms with van der Waals surface area (Å²) in [5.74, 6) is 0. The molecule has 2 aliphatic heterocycles. The summed E-state index contributed by atoms with van der Waals surface area (Å²) in [6, 6.07) is 10.5. The molecule has 142 valence electrons. The van der Waals surface area contributed by atoms with Crippen molar-refractivity contribution in [3.63, 3.8) is 0 Å². The maximum atomic E-state index is 11.9. The SMILES string of the molecule is CC(C)OC(=O)N1CCC(ONC2=CCN(c3ccccc3)CC2)CC1. The summed E-state index contributed by atoms with van der Waals surface area (Å²) >= 11 is 0. The molecule has 26 heavy (non-hydrogen) atoms. The molecule has 2 heterocycles. The smallest absolute Gasteiger partial charge is 0.410 e. The lowest BCUT2D eigenvalue weighted by molar-refractivity contribution is -0.0415. The summed E-state index contributed by atoms with van der Waals surface area (Å²) in [4.78, 5) is 21.9. The minimum atomic E-state index is -0.220. The van der Waals surface area contributed by atoms with Crippen LogP contribution in [0.15, 0.2) is 42.1 Å². The van der Waals surface area contributed by atoms with E-state index in [4.69, 9.17) is 9.57 Å². The van der Waals surface area contributed by atoms with Gasteiger partial charge in [0.25, 0.3) is 0 Å². The van der Waals surface area contributed by atoms with E-state index in [0.29, 0.717) is 13.1 Å². The van der Waals surface area contributed by atoms with Crippen LogP contribution in [0, 0.1) is 0 Å². The van der Waals surface area contributed by atoms with Crippen LogP contribution in [0.4, 0.5) is 10.5 Å². The Morgan fingerprint density at radius 1 is 1.15 bits per heavy atom. The number of piperidine rings is 1. The molecule has 1 saturated heterocycles. The van der Waals surface area contributed by atoms with E-state index < -0.39 is 0 Å². The number of amides is 1. The predicted molar refractivity (Wildman–Crippen MR) is 102 cm³/mol. The Balaban J connectivity index is 1.38. The number of likely N-dealkylation sites (tertiary alicyclic amines) is 1. The quantitative estimate of drug-likeness (QED) is 0.818. The van der Waals surface area contributed by atoms with E-state index in [1.165, 1.54) is 5.69 Å². The lowest BCUT2D eigenvalue weighted by atomic mass is 10.1. The Morgan fingerprint density at radius 3 is 2.50 bits per heavy atom. The highest BCUT2D eigenvalue weighted by Crippen LogP contribution is 2.19. The molecule has 6 heteroatoms. The van der Waals surface area contributed by atoms with Gasteiger partial charge in [0.2, 0.25) is 0 Å². The minimum Gasteiger partial charge on any atom is -0.447 e. The van der Waals surface area contributed by atoms with Crippen molar-refractivity contribution in [3.8, 4) is 0 Å². The molecule has 6 nitrogen and oxygen atoms in total. The molecule has 1 fully saturated rings. The Hall–Kier alpha value is -2.21. The number of benzene rings is 1. The highest BCUT2D eigenvalue weighted by molar-refractivity contribution is 5.67. The first-order chi connectivity index (χ1) is 12.6. The van der Waals surface area contributed by atoms with Crippen LogP contribution in [0.25, 0.3) is 0 Å². The molecule has 2 aliphatic rings. The van der Waals surface area contributed by atoms with Crippen LogP contribution in [0.1, 0.15) is 33.1 Å². The number of hydrogen-bond acceptors (Lipinski definition) is 5. The second-order valence-electron chi connectivity index (χ2n) is 7.10. The van der Waals surface area contributed by atoms with Gasteiger partial charge in [-0.3, -0.25) is 10.3 Å². The lowest BCUT2D eigenvalue weighted by Gasteiger charge is -2.33. The monoisotopic (exact) mass is 359 g/mol. The number of anilines is 1. The lowest BCUT2D eigenvalue weighted by Crippen LogP contribution is -2.43. The van der Waals surface area contributed by atoms with Gasteiger partial charge in [0.05, 0.1) is 12.2 Å². The number of nitrogens with zero attached hydrogens (tertiary/aromatic N) is 2. The van der Waals surface area contributed by atoms with Crippen LogP contribution < -0.4 is 10.4 Å². The van der Waals surface area contributed by atoms with Crippen molar-refractivity contribution >= 4 is 11.8 Å². The molecule has 0 saturated carbocycles. The zero-order chi connectivity index (χ0) is 18.4. The van der Waals surface area contributed by atoms with Crippen LogP contribution in [0.2, 0.25) is 0 Å². The number of hydroxylamine groups is 1. The Bertz CT molecular complexity index is 610. The van der Waals surface area contributed by atoms with Gasteiger partial charge in [-0.2, -0.15) is 0 Å². The molecular weight excluding hydrogens is 330 g/mol. The van der Waals surface area contributed by atoms with Crippen molar-refractivity contribution in [1.82, 2.24) is 10.4 Å². The number of hydrogen-bond donors (Lipinski definition) is 1. The number of carbonyl (C=O) groups is 1. The first kappa shape index (κ1) is 18.6.